The lowest BCUT2D eigenvalue weighted by atomic mass is 10.2. The van der Waals surface area contributed by atoms with Gasteiger partial charge in [0.25, 0.3) is 0 Å². The van der Waals surface area contributed by atoms with E-state index in [9.17, 15) is 4.79 Å². The van der Waals surface area contributed by atoms with Crippen molar-refractivity contribution in [3.05, 3.63) is 57.5 Å². The standard InChI is InChI=1S/C21H17BrN2O4S/c1-3-27-18-9-13(11-23)8-17(22)20(18)28-19(25)10-15-12-29-21(24-15)14-4-6-16(26-2)7-5-14/h4-9,12H,3,10H2,1-2H3. The Morgan fingerprint density at radius 3 is 2.69 bits per heavy atom. The number of hydrogen-bond donors (Lipinski definition) is 0. The molecular formula is C21H17BrN2O4S. The van der Waals surface area contributed by atoms with Crippen molar-refractivity contribution < 1.29 is 19.0 Å². The van der Waals surface area contributed by atoms with Crippen LogP contribution in [0.4, 0.5) is 0 Å². The second-order valence-electron chi connectivity index (χ2n) is 5.85. The third kappa shape index (κ3) is 5.13. The van der Waals surface area contributed by atoms with Crippen LogP contribution in [-0.2, 0) is 11.2 Å². The minimum absolute atomic E-state index is 0.0185. The first-order valence-electron chi connectivity index (χ1n) is 8.70. The van der Waals surface area contributed by atoms with Gasteiger partial charge in [0.1, 0.15) is 10.8 Å². The van der Waals surface area contributed by atoms with Gasteiger partial charge < -0.3 is 14.2 Å². The van der Waals surface area contributed by atoms with Gasteiger partial charge in [-0.15, -0.1) is 11.3 Å². The molecule has 0 saturated carbocycles. The third-order valence-electron chi connectivity index (χ3n) is 3.87. The number of rotatable bonds is 7. The molecule has 0 radical (unpaired) electrons. The highest BCUT2D eigenvalue weighted by Gasteiger charge is 2.18. The Labute approximate surface area is 180 Å². The molecular weight excluding hydrogens is 456 g/mol. The van der Waals surface area contributed by atoms with Crippen molar-refractivity contribution in [2.75, 3.05) is 13.7 Å². The molecule has 1 aromatic heterocycles. The number of carbonyl (C=O) groups excluding carboxylic acids is 1. The van der Waals surface area contributed by atoms with Crippen molar-refractivity contribution >= 4 is 33.2 Å². The van der Waals surface area contributed by atoms with Crippen molar-refractivity contribution in [1.29, 1.82) is 5.26 Å². The highest BCUT2D eigenvalue weighted by molar-refractivity contribution is 9.10. The third-order valence-corrected chi connectivity index (χ3v) is 5.40. The average molecular weight is 473 g/mol. The first kappa shape index (κ1) is 20.8. The molecule has 148 valence electrons. The van der Waals surface area contributed by atoms with Crippen LogP contribution in [0, 0.1) is 11.3 Å². The van der Waals surface area contributed by atoms with Gasteiger partial charge in [-0.3, -0.25) is 4.79 Å². The number of ether oxygens (including phenoxy) is 3. The second kappa shape index (κ2) is 9.54. The van der Waals surface area contributed by atoms with Crippen molar-refractivity contribution in [2.45, 2.75) is 13.3 Å². The Bertz CT molecular complexity index is 1060. The van der Waals surface area contributed by atoms with E-state index in [1.54, 1.807) is 19.2 Å². The summed E-state index contributed by atoms with van der Waals surface area (Å²) in [6.07, 6.45) is 0.0185. The van der Waals surface area contributed by atoms with E-state index >= 15 is 0 Å². The normalized spacial score (nSPS) is 10.3. The topological polar surface area (TPSA) is 81.4 Å². The molecule has 0 spiro atoms. The molecule has 0 N–H and O–H groups in total. The van der Waals surface area contributed by atoms with Gasteiger partial charge in [-0.2, -0.15) is 5.26 Å². The summed E-state index contributed by atoms with van der Waals surface area (Å²) >= 11 is 4.79. The Balaban J connectivity index is 1.73. The lowest BCUT2D eigenvalue weighted by Crippen LogP contribution is -2.13. The molecule has 0 aliphatic heterocycles. The fourth-order valence-electron chi connectivity index (χ4n) is 2.55. The number of thiazole rings is 1. The fourth-order valence-corrected chi connectivity index (χ4v) is 3.90. The van der Waals surface area contributed by atoms with Gasteiger partial charge in [-0.25, -0.2) is 4.98 Å². The Morgan fingerprint density at radius 2 is 2.03 bits per heavy atom. The highest BCUT2D eigenvalue weighted by Crippen LogP contribution is 2.37. The number of methoxy groups -OCH3 is 1. The SMILES string of the molecule is CCOc1cc(C#N)cc(Br)c1OC(=O)Cc1csc(-c2ccc(OC)cc2)n1. The summed E-state index contributed by atoms with van der Waals surface area (Å²) in [5, 5.41) is 11.7. The molecule has 0 aliphatic carbocycles. The second-order valence-corrected chi connectivity index (χ2v) is 7.57. The first-order chi connectivity index (χ1) is 14.0. The zero-order valence-corrected chi connectivity index (χ0v) is 18.2. The van der Waals surface area contributed by atoms with E-state index in [4.69, 9.17) is 19.5 Å². The number of esters is 1. The van der Waals surface area contributed by atoms with E-state index in [0.29, 0.717) is 28.1 Å². The molecule has 29 heavy (non-hydrogen) atoms. The van der Waals surface area contributed by atoms with Gasteiger partial charge in [-0.05, 0) is 53.2 Å². The Hall–Kier alpha value is -2.89. The summed E-state index contributed by atoms with van der Waals surface area (Å²) in [5.41, 5.74) is 1.97. The van der Waals surface area contributed by atoms with E-state index in [1.165, 1.54) is 11.3 Å². The molecule has 0 saturated heterocycles. The summed E-state index contributed by atoms with van der Waals surface area (Å²) in [6, 6.07) is 12.7. The molecule has 0 aliphatic rings. The largest absolute Gasteiger partial charge is 0.497 e. The quantitative estimate of drug-likeness (QED) is 0.355. The molecule has 0 unspecified atom stereocenters. The molecule has 6 nitrogen and oxygen atoms in total. The van der Waals surface area contributed by atoms with E-state index in [0.717, 1.165) is 16.3 Å². The molecule has 2 aromatic carbocycles. The lowest BCUT2D eigenvalue weighted by molar-refractivity contribution is -0.133. The summed E-state index contributed by atoms with van der Waals surface area (Å²) < 4.78 is 16.7. The predicted molar refractivity (Wildman–Crippen MR) is 113 cm³/mol. The number of benzene rings is 2. The number of nitrogens with zero attached hydrogens (tertiary/aromatic N) is 2. The average Bonchev–Trinajstić information content (AvgIpc) is 3.18. The van der Waals surface area contributed by atoms with E-state index in [1.807, 2.05) is 42.6 Å². The Kier molecular flexibility index (Phi) is 6.86. The van der Waals surface area contributed by atoms with Crippen LogP contribution in [0.5, 0.6) is 17.2 Å². The van der Waals surface area contributed by atoms with Gasteiger partial charge in [0.05, 0.1) is 41.9 Å². The monoisotopic (exact) mass is 472 g/mol. The smallest absolute Gasteiger partial charge is 0.317 e. The molecule has 1 heterocycles. The number of nitriles is 1. The van der Waals surface area contributed by atoms with Crippen molar-refractivity contribution in [1.82, 2.24) is 4.98 Å². The summed E-state index contributed by atoms with van der Waals surface area (Å²) in [7, 11) is 1.62. The van der Waals surface area contributed by atoms with Crippen LogP contribution in [0.2, 0.25) is 0 Å². The Morgan fingerprint density at radius 1 is 1.28 bits per heavy atom. The van der Waals surface area contributed by atoms with Gasteiger partial charge in [0.2, 0.25) is 0 Å². The van der Waals surface area contributed by atoms with Gasteiger partial charge in [0.15, 0.2) is 11.5 Å². The maximum Gasteiger partial charge on any atom is 0.317 e. The predicted octanol–water partition coefficient (Wildman–Crippen LogP) is 5.00. The van der Waals surface area contributed by atoms with Crippen LogP contribution in [-0.4, -0.2) is 24.7 Å². The van der Waals surface area contributed by atoms with Crippen LogP contribution in [0.25, 0.3) is 10.6 Å². The zero-order chi connectivity index (χ0) is 20.8. The minimum atomic E-state index is -0.469. The van der Waals surface area contributed by atoms with E-state index in [-0.39, 0.29) is 12.2 Å². The van der Waals surface area contributed by atoms with E-state index < -0.39 is 5.97 Å². The molecule has 3 rings (SSSR count). The molecule has 0 fully saturated rings. The summed E-state index contributed by atoms with van der Waals surface area (Å²) in [6.45, 7) is 2.19. The maximum atomic E-state index is 12.5. The molecule has 0 atom stereocenters. The number of aromatic nitrogens is 1. The first-order valence-corrected chi connectivity index (χ1v) is 10.4. The zero-order valence-electron chi connectivity index (χ0n) is 15.8. The van der Waals surface area contributed by atoms with Gasteiger partial charge in [0, 0.05) is 17.0 Å². The minimum Gasteiger partial charge on any atom is -0.497 e. The van der Waals surface area contributed by atoms with Crippen molar-refractivity contribution in [3.63, 3.8) is 0 Å². The van der Waals surface area contributed by atoms with Gasteiger partial charge in [-0.1, -0.05) is 0 Å². The van der Waals surface area contributed by atoms with Crippen LogP contribution < -0.4 is 14.2 Å². The van der Waals surface area contributed by atoms with Crippen LogP contribution in [0.15, 0.2) is 46.3 Å². The number of halogens is 1. The summed E-state index contributed by atoms with van der Waals surface area (Å²) in [4.78, 5) is 17.0. The fraction of sp³-hybridized carbons (Fsp3) is 0.190. The van der Waals surface area contributed by atoms with Crippen molar-refractivity contribution in [2.24, 2.45) is 0 Å². The van der Waals surface area contributed by atoms with Crippen LogP contribution >= 0.6 is 27.3 Å². The number of carbonyl (C=O) groups is 1. The van der Waals surface area contributed by atoms with Crippen LogP contribution in [0.3, 0.4) is 0 Å². The highest BCUT2D eigenvalue weighted by atomic mass is 79.9. The molecule has 0 amide bonds. The van der Waals surface area contributed by atoms with Crippen molar-refractivity contribution in [3.8, 4) is 33.9 Å². The molecule has 8 heteroatoms. The van der Waals surface area contributed by atoms with E-state index in [2.05, 4.69) is 20.9 Å². The van der Waals surface area contributed by atoms with Crippen LogP contribution in [0.1, 0.15) is 18.2 Å². The number of hydrogen-bond acceptors (Lipinski definition) is 7. The maximum absolute atomic E-state index is 12.5. The molecule has 3 aromatic rings. The van der Waals surface area contributed by atoms with Gasteiger partial charge >= 0.3 is 5.97 Å². The summed E-state index contributed by atoms with van der Waals surface area (Å²) in [5.74, 6) is 0.889. The molecule has 0 bridgehead atoms. The lowest BCUT2D eigenvalue weighted by Gasteiger charge is -2.12.